The van der Waals surface area contributed by atoms with Crippen LogP contribution in [0.15, 0.2) is 0 Å². The molecule has 134 valence electrons. The summed E-state index contributed by atoms with van der Waals surface area (Å²) in [6.07, 6.45) is 2.02. The maximum atomic E-state index is 9.68. The Kier molecular flexibility index (Phi) is 10.3. The van der Waals surface area contributed by atoms with E-state index in [0.717, 1.165) is 37.8 Å². The van der Waals surface area contributed by atoms with Crippen molar-refractivity contribution in [1.29, 1.82) is 0 Å². The van der Waals surface area contributed by atoms with Crippen molar-refractivity contribution < 1.29 is 14.3 Å². The molecule has 4 N–H and O–H groups in total. The lowest BCUT2D eigenvalue weighted by molar-refractivity contribution is -0.172. The summed E-state index contributed by atoms with van der Waals surface area (Å²) in [5.41, 5.74) is 5.48. The van der Waals surface area contributed by atoms with Gasteiger partial charge in [-0.2, -0.15) is 0 Å². The summed E-state index contributed by atoms with van der Waals surface area (Å²) in [5.74, 6) is -1.06. The third kappa shape index (κ3) is 13.9. The Morgan fingerprint density at radius 2 is 1.73 bits per heavy atom. The van der Waals surface area contributed by atoms with Gasteiger partial charge < -0.3 is 25.3 Å². The van der Waals surface area contributed by atoms with Crippen molar-refractivity contribution in [2.75, 3.05) is 32.5 Å². The minimum atomic E-state index is -1.79. The van der Waals surface area contributed by atoms with Gasteiger partial charge >= 0.3 is 0 Å². The van der Waals surface area contributed by atoms with Crippen LogP contribution in [0.25, 0.3) is 0 Å². The smallest absolute Gasteiger partial charge is 0.191 e. The second kappa shape index (κ2) is 10.2. The molecule has 0 spiro atoms. The van der Waals surface area contributed by atoms with Crippen LogP contribution in [0.1, 0.15) is 20.3 Å². The Balaban J connectivity index is 4.34. The van der Waals surface area contributed by atoms with Gasteiger partial charge in [0.05, 0.1) is 8.07 Å². The number of aliphatic hydroxyl groups is 1. The molecule has 0 radical (unpaired) electrons. The van der Waals surface area contributed by atoms with E-state index in [2.05, 4.69) is 31.5 Å². The largest absolute Gasteiger partial charge is 0.420 e. The van der Waals surface area contributed by atoms with Crippen LogP contribution >= 0.6 is 0 Å². The van der Waals surface area contributed by atoms with Gasteiger partial charge in [-0.05, 0) is 45.4 Å². The van der Waals surface area contributed by atoms with Gasteiger partial charge in [0.25, 0.3) is 0 Å². The van der Waals surface area contributed by atoms with Gasteiger partial charge in [-0.25, -0.2) is 0 Å². The lowest BCUT2D eigenvalue weighted by atomic mass is 10.4. The monoisotopic (exact) mass is 350 g/mol. The third-order valence-electron chi connectivity index (χ3n) is 3.32. The van der Waals surface area contributed by atoms with Gasteiger partial charge in [0.15, 0.2) is 14.1 Å². The van der Waals surface area contributed by atoms with Crippen molar-refractivity contribution in [1.82, 2.24) is 5.32 Å². The van der Waals surface area contributed by atoms with Crippen molar-refractivity contribution in [2.24, 2.45) is 5.73 Å². The van der Waals surface area contributed by atoms with Crippen LogP contribution in [-0.4, -0.2) is 59.8 Å². The molecule has 0 aliphatic heterocycles. The highest BCUT2D eigenvalue weighted by Crippen LogP contribution is 2.22. The van der Waals surface area contributed by atoms with E-state index in [1.807, 2.05) is 0 Å². The van der Waals surface area contributed by atoms with E-state index < -0.39 is 22.2 Å². The molecule has 0 saturated heterocycles. The van der Waals surface area contributed by atoms with E-state index >= 15 is 0 Å². The third-order valence-corrected chi connectivity index (χ3v) is 8.13. The number of ether oxygens (including phenoxy) is 1. The molecule has 0 heterocycles. The lowest BCUT2D eigenvalue weighted by Gasteiger charge is -2.32. The Hall–Kier alpha value is 0.234. The van der Waals surface area contributed by atoms with E-state index in [9.17, 15) is 5.11 Å². The quantitative estimate of drug-likeness (QED) is 0.269. The number of hydrogen-bond donors (Lipinski definition) is 3. The van der Waals surface area contributed by atoms with Crippen LogP contribution in [0.5, 0.6) is 0 Å². The standard InChI is InChI=1S/C15H38N2O3Si2/c1-15(2,18)19-11-13-22(6,20-14-21(3,4)5)12-7-9-17-10-8-16/h17-18H,7-14,16H2,1-6H3. The van der Waals surface area contributed by atoms with Crippen LogP contribution in [0.3, 0.4) is 0 Å². The number of nitrogens with two attached hydrogens (primary N) is 1. The molecule has 5 nitrogen and oxygen atoms in total. The highest BCUT2D eigenvalue weighted by Gasteiger charge is 2.31. The predicted octanol–water partition coefficient (Wildman–Crippen LogP) is 2.14. The lowest BCUT2D eigenvalue weighted by Crippen LogP contribution is -2.43. The normalized spacial score (nSPS) is 15.8. The Morgan fingerprint density at radius 3 is 2.23 bits per heavy atom. The van der Waals surface area contributed by atoms with E-state index in [0.29, 0.717) is 13.2 Å². The fraction of sp³-hybridized carbons (Fsp3) is 1.00. The molecule has 0 aliphatic rings. The van der Waals surface area contributed by atoms with Crippen molar-refractivity contribution in [3.63, 3.8) is 0 Å². The fourth-order valence-corrected chi connectivity index (χ4v) is 7.11. The molecule has 0 aromatic rings. The first-order valence-electron chi connectivity index (χ1n) is 8.39. The second-order valence-electron chi connectivity index (χ2n) is 7.99. The molecule has 1 unspecified atom stereocenters. The average Bonchev–Trinajstić information content (AvgIpc) is 2.34. The van der Waals surface area contributed by atoms with Gasteiger partial charge in [0, 0.05) is 25.9 Å². The Morgan fingerprint density at radius 1 is 1.09 bits per heavy atom. The van der Waals surface area contributed by atoms with Crippen molar-refractivity contribution in [3.05, 3.63) is 0 Å². The second-order valence-corrected chi connectivity index (χ2v) is 17.6. The first-order chi connectivity index (χ1) is 9.97. The zero-order valence-corrected chi connectivity index (χ0v) is 17.5. The fourth-order valence-electron chi connectivity index (χ4n) is 1.99. The summed E-state index contributed by atoms with van der Waals surface area (Å²) < 4.78 is 11.9. The molecule has 0 aromatic carbocycles. The van der Waals surface area contributed by atoms with Gasteiger partial charge in [0.1, 0.15) is 0 Å². The molecule has 0 fully saturated rings. The Bertz CT molecular complexity index is 293. The molecular formula is C15H38N2O3Si2. The molecule has 0 bridgehead atoms. The maximum absolute atomic E-state index is 9.68. The molecule has 0 aliphatic carbocycles. The molecule has 0 aromatic heterocycles. The van der Waals surface area contributed by atoms with Gasteiger partial charge in [-0.1, -0.05) is 19.6 Å². The predicted molar refractivity (Wildman–Crippen MR) is 99.3 cm³/mol. The van der Waals surface area contributed by atoms with E-state index in [1.165, 1.54) is 0 Å². The summed E-state index contributed by atoms with van der Waals surface area (Å²) in [6.45, 7) is 15.7. The van der Waals surface area contributed by atoms with Crippen LogP contribution in [0.2, 0.25) is 38.3 Å². The maximum Gasteiger partial charge on any atom is 0.191 e. The zero-order chi connectivity index (χ0) is 17.3. The zero-order valence-electron chi connectivity index (χ0n) is 15.5. The topological polar surface area (TPSA) is 76.7 Å². The first kappa shape index (κ1) is 22.2. The highest BCUT2D eigenvalue weighted by molar-refractivity contribution is 6.78. The summed E-state index contributed by atoms with van der Waals surface area (Å²) in [4.78, 5) is 0. The van der Waals surface area contributed by atoms with Crippen molar-refractivity contribution in [2.45, 2.75) is 64.3 Å². The summed E-state index contributed by atoms with van der Waals surface area (Å²) in [5, 5.41) is 13.0. The summed E-state index contributed by atoms with van der Waals surface area (Å²) in [7, 11) is -3.00. The highest BCUT2D eigenvalue weighted by atomic mass is 28.4. The molecule has 0 rings (SSSR count). The molecule has 0 saturated carbocycles. The number of hydrogen-bond acceptors (Lipinski definition) is 5. The Labute approximate surface area is 139 Å². The minimum absolute atomic E-state index is 0.564. The van der Waals surface area contributed by atoms with Crippen LogP contribution < -0.4 is 11.1 Å². The minimum Gasteiger partial charge on any atom is -0.420 e. The summed E-state index contributed by atoms with van der Waals surface area (Å²) in [6, 6.07) is 2.04. The molecule has 1 atom stereocenters. The van der Waals surface area contributed by atoms with Gasteiger partial charge in [0.2, 0.25) is 0 Å². The van der Waals surface area contributed by atoms with E-state index in [1.54, 1.807) is 13.8 Å². The van der Waals surface area contributed by atoms with Crippen LogP contribution in [-0.2, 0) is 9.16 Å². The van der Waals surface area contributed by atoms with Gasteiger partial charge in [-0.3, -0.25) is 0 Å². The molecule has 7 heteroatoms. The first-order valence-corrected chi connectivity index (χ1v) is 14.9. The SMILES string of the molecule is CC(C)(O)OCC[Si](C)(CCCNCCN)OC[Si](C)(C)C. The molecular weight excluding hydrogens is 312 g/mol. The molecule has 0 amide bonds. The van der Waals surface area contributed by atoms with Crippen LogP contribution in [0.4, 0.5) is 0 Å². The number of nitrogens with one attached hydrogen (secondary N) is 1. The van der Waals surface area contributed by atoms with Crippen molar-refractivity contribution >= 4 is 16.4 Å². The molecule has 22 heavy (non-hydrogen) atoms. The van der Waals surface area contributed by atoms with Crippen molar-refractivity contribution in [3.8, 4) is 0 Å². The number of rotatable bonds is 13. The van der Waals surface area contributed by atoms with E-state index in [4.69, 9.17) is 14.9 Å². The van der Waals surface area contributed by atoms with Gasteiger partial charge in [-0.15, -0.1) is 0 Å². The average molecular weight is 351 g/mol. The van der Waals surface area contributed by atoms with E-state index in [-0.39, 0.29) is 0 Å². The summed E-state index contributed by atoms with van der Waals surface area (Å²) >= 11 is 0. The van der Waals surface area contributed by atoms with Crippen LogP contribution in [0, 0.1) is 0 Å².